The Kier molecular flexibility index (Phi) is 6.86. The number of ether oxygens (including phenoxy) is 1. The van der Waals surface area contributed by atoms with Crippen molar-refractivity contribution < 1.29 is 13.9 Å². The molecule has 0 bridgehead atoms. The van der Waals surface area contributed by atoms with Gasteiger partial charge < -0.3 is 10.5 Å². The normalized spacial score (nSPS) is 12.6. The van der Waals surface area contributed by atoms with Crippen LogP contribution in [-0.4, -0.2) is 21.7 Å². The number of aryl methyl sites for hydroxylation is 1. The summed E-state index contributed by atoms with van der Waals surface area (Å²) in [5.74, 6) is -0.407. The molecule has 4 aromatic rings. The first-order valence-electron chi connectivity index (χ1n) is 10.9. The molecule has 0 spiro atoms. The molecule has 2 aromatic carbocycles. The van der Waals surface area contributed by atoms with E-state index in [0.717, 1.165) is 40.3 Å². The smallest absolute Gasteiger partial charge is 0.405 e. The molecule has 0 aliphatic carbocycles. The molecule has 176 valence electrons. The van der Waals surface area contributed by atoms with E-state index in [1.807, 2.05) is 44.2 Å². The number of amides is 1. The summed E-state index contributed by atoms with van der Waals surface area (Å²) in [5.41, 5.74) is 8.15. The van der Waals surface area contributed by atoms with Crippen molar-refractivity contribution in [3.63, 3.8) is 0 Å². The molecular formula is C26H25ClFN3O2S. The van der Waals surface area contributed by atoms with Crippen molar-refractivity contribution in [1.82, 2.24) is 9.97 Å². The van der Waals surface area contributed by atoms with Gasteiger partial charge in [-0.25, -0.2) is 19.2 Å². The Hall–Kier alpha value is -3.03. The van der Waals surface area contributed by atoms with E-state index in [1.165, 1.54) is 16.9 Å². The minimum Gasteiger partial charge on any atom is -0.443 e. The topological polar surface area (TPSA) is 78.1 Å². The predicted molar refractivity (Wildman–Crippen MR) is 135 cm³/mol. The lowest BCUT2D eigenvalue weighted by molar-refractivity contribution is 0.00212. The fourth-order valence-electron chi connectivity index (χ4n) is 3.99. The molecule has 0 saturated carbocycles. The summed E-state index contributed by atoms with van der Waals surface area (Å²) in [6.45, 7) is 5.81. The zero-order chi connectivity index (χ0) is 24.5. The number of halogens is 2. The molecule has 34 heavy (non-hydrogen) atoms. The Morgan fingerprint density at radius 3 is 2.71 bits per heavy atom. The van der Waals surface area contributed by atoms with Crippen LogP contribution in [-0.2, 0) is 11.2 Å². The number of hydrogen-bond donors (Lipinski definition) is 1. The number of thiophene rings is 1. The van der Waals surface area contributed by atoms with Gasteiger partial charge in [-0.1, -0.05) is 49.4 Å². The maximum Gasteiger partial charge on any atom is 0.405 e. The van der Waals surface area contributed by atoms with Gasteiger partial charge in [-0.05, 0) is 72.4 Å². The minimum absolute atomic E-state index is 0.0109. The number of nitrogens with zero attached hydrogens (tertiary/aromatic N) is 2. The van der Waals surface area contributed by atoms with Gasteiger partial charge in [0.15, 0.2) is 5.82 Å². The third kappa shape index (κ3) is 5.05. The number of hydrogen-bond acceptors (Lipinski definition) is 5. The first-order valence-corrected chi connectivity index (χ1v) is 12.1. The van der Waals surface area contributed by atoms with Crippen LogP contribution in [0.1, 0.15) is 32.8 Å². The monoisotopic (exact) mass is 497 g/mol. The van der Waals surface area contributed by atoms with Gasteiger partial charge in [-0.15, -0.1) is 11.3 Å². The Balaban J connectivity index is 1.69. The van der Waals surface area contributed by atoms with E-state index in [2.05, 4.69) is 35.1 Å². The number of carbonyl (C=O) groups excluding carboxylic acids is 1. The Morgan fingerprint density at radius 2 is 1.94 bits per heavy atom. The summed E-state index contributed by atoms with van der Waals surface area (Å²) in [6.07, 6.45) is 1.94. The van der Waals surface area contributed by atoms with Crippen LogP contribution >= 0.6 is 22.9 Å². The summed E-state index contributed by atoms with van der Waals surface area (Å²) >= 11 is 7.39. The molecule has 2 aromatic heterocycles. The molecule has 4 rings (SSSR count). The van der Waals surface area contributed by atoms with Gasteiger partial charge in [0.1, 0.15) is 11.3 Å². The number of benzene rings is 2. The van der Waals surface area contributed by atoms with Crippen molar-refractivity contribution in [1.29, 1.82) is 0 Å². The summed E-state index contributed by atoms with van der Waals surface area (Å²) in [4.78, 5) is 19.8. The van der Waals surface area contributed by atoms with E-state index < -0.39 is 17.5 Å². The SMILES string of the molecule is CC(CCc1ccccc1-c1cccc2cc(-c3nc(Cl)ncc3F)sc12)C(C)(C)OC(N)=O. The van der Waals surface area contributed by atoms with Gasteiger partial charge in [0.25, 0.3) is 0 Å². The van der Waals surface area contributed by atoms with Crippen LogP contribution in [0, 0.1) is 11.7 Å². The molecule has 0 fully saturated rings. The van der Waals surface area contributed by atoms with E-state index in [0.29, 0.717) is 4.88 Å². The van der Waals surface area contributed by atoms with Crippen LogP contribution in [0.2, 0.25) is 5.28 Å². The van der Waals surface area contributed by atoms with Crippen molar-refractivity contribution in [3.8, 4) is 21.7 Å². The number of nitrogens with two attached hydrogens (primary N) is 1. The highest BCUT2D eigenvalue weighted by Crippen LogP contribution is 2.41. The first kappa shape index (κ1) is 24.1. The standard InChI is InChI=1S/C26H25ClFN3O2S/c1-15(26(2,3)33-25(29)32)11-12-16-7-4-5-9-18(16)19-10-6-8-17-13-21(34-23(17)19)22-20(28)14-30-24(27)31-22/h4-10,13-15H,11-12H2,1-3H3,(H2,29,32). The third-order valence-electron chi connectivity index (χ3n) is 6.20. The van der Waals surface area contributed by atoms with Crippen molar-refractivity contribution in [2.24, 2.45) is 11.7 Å². The highest BCUT2D eigenvalue weighted by Gasteiger charge is 2.29. The predicted octanol–water partition coefficient (Wildman–Crippen LogP) is 7.26. The second-order valence-corrected chi connectivity index (χ2v) is 10.2. The molecule has 0 aliphatic rings. The number of primary amides is 1. The molecule has 8 heteroatoms. The molecule has 1 atom stereocenters. The zero-order valence-corrected chi connectivity index (χ0v) is 20.7. The minimum atomic E-state index is -0.765. The number of rotatable bonds is 7. The van der Waals surface area contributed by atoms with E-state index in [9.17, 15) is 9.18 Å². The van der Waals surface area contributed by atoms with E-state index in [4.69, 9.17) is 22.1 Å². The van der Waals surface area contributed by atoms with Gasteiger partial charge in [0.05, 0.1) is 11.1 Å². The van der Waals surface area contributed by atoms with Crippen LogP contribution in [0.4, 0.5) is 9.18 Å². The van der Waals surface area contributed by atoms with Gasteiger partial charge in [0.2, 0.25) is 5.28 Å². The van der Waals surface area contributed by atoms with Gasteiger partial charge in [0, 0.05) is 4.70 Å². The quantitative estimate of drug-likeness (QED) is 0.272. The van der Waals surface area contributed by atoms with Crippen LogP contribution < -0.4 is 5.73 Å². The van der Waals surface area contributed by atoms with Gasteiger partial charge in [-0.3, -0.25) is 0 Å². The van der Waals surface area contributed by atoms with Gasteiger partial charge >= 0.3 is 6.09 Å². The highest BCUT2D eigenvalue weighted by atomic mass is 35.5. The molecule has 0 aliphatic heterocycles. The van der Waals surface area contributed by atoms with Crippen LogP contribution in [0.15, 0.2) is 54.7 Å². The summed E-state index contributed by atoms with van der Waals surface area (Å²) < 4.78 is 20.8. The zero-order valence-electron chi connectivity index (χ0n) is 19.1. The van der Waals surface area contributed by atoms with Crippen molar-refractivity contribution in [2.75, 3.05) is 0 Å². The van der Waals surface area contributed by atoms with Crippen molar-refractivity contribution in [3.05, 3.63) is 71.4 Å². The van der Waals surface area contributed by atoms with E-state index in [1.54, 1.807) is 0 Å². The summed E-state index contributed by atoms with van der Waals surface area (Å²) in [6, 6.07) is 16.3. The summed E-state index contributed by atoms with van der Waals surface area (Å²) in [7, 11) is 0. The van der Waals surface area contributed by atoms with Crippen LogP contribution in [0.5, 0.6) is 0 Å². The number of fused-ring (bicyclic) bond motifs is 1. The maximum absolute atomic E-state index is 14.4. The third-order valence-corrected chi connectivity index (χ3v) is 7.57. The molecule has 5 nitrogen and oxygen atoms in total. The van der Waals surface area contributed by atoms with Crippen molar-refractivity contribution >= 4 is 39.1 Å². The Labute approximate surface area is 206 Å². The lowest BCUT2D eigenvalue weighted by Crippen LogP contribution is -2.37. The van der Waals surface area contributed by atoms with Crippen LogP contribution in [0.3, 0.4) is 0 Å². The summed E-state index contributed by atoms with van der Waals surface area (Å²) in [5, 5.41) is 1.02. The van der Waals surface area contributed by atoms with Crippen LogP contribution in [0.25, 0.3) is 31.8 Å². The molecule has 0 saturated heterocycles. The molecule has 1 amide bonds. The fourth-order valence-corrected chi connectivity index (χ4v) is 5.30. The van der Waals surface area contributed by atoms with E-state index >= 15 is 0 Å². The second kappa shape index (κ2) is 9.68. The number of carbonyl (C=O) groups is 1. The van der Waals surface area contributed by atoms with E-state index in [-0.39, 0.29) is 16.9 Å². The highest BCUT2D eigenvalue weighted by molar-refractivity contribution is 7.22. The van der Waals surface area contributed by atoms with Crippen molar-refractivity contribution in [2.45, 2.75) is 39.2 Å². The van der Waals surface area contributed by atoms with Gasteiger partial charge in [-0.2, -0.15) is 0 Å². The molecule has 0 radical (unpaired) electrons. The maximum atomic E-state index is 14.4. The first-order chi connectivity index (χ1) is 16.2. The average molecular weight is 498 g/mol. The largest absolute Gasteiger partial charge is 0.443 e. The molecule has 2 heterocycles. The fraction of sp³-hybridized carbons (Fsp3) is 0.269. The second-order valence-electron chi connectivity index (χ2n) is 8.79. The molecule has 1 unspecified atom stereocenters. The average Bonchev–Trinajstić information content (AvgIpc) is 3.22. The lowest BCUT2D eigenvalue weighted by atomic mass is 9.86. The number of aromatic nitrogens is 2. The Bertz CT molecular complexity index is 1360. The Morgan fingerprint density at radius 1 is 1.21 bits per heavy atom. The molecular weight excluding hydrogens is 473 g/mol. The lowest BCUT2D eigenvalue weighted by Gasteiger charge is -2.31. The molecule has 2 N–H and O–H groups in total.